The Balaban J connectivity index is 4.37. The van der Waals surface area contributed by atoms with Crippen molar-refractivity contribution in [2.75, 3.05) is 47.4 Å². The molecule has 18 heavy (non-hydrogen) atoms. The number of hydrogen-bond donors (Lipinski definition) is 0. The van der Waals surface area contributed by atoms with E-state index < -0.39 is 0 Å². The Morgan fingerprint density at radius 1 is 1.17 bits per heavy atom. The Morgan fingerprint density at radius 3 is 2.28 bits per heavy atom. The molecule has 4 nitrogen and oxygen atoms in total. The minimum absolute atomic E-state index is 0.207. The number of carbonyl (C=O) groups is 1. The van der Waals surface area contributed by atoms with Crippen LogP contribution in [-0.4, -0.2) is 63.2 Å². The van der Waals surface area contributed by atoms with E-state index in [4.69, 9.17) is 4.74 Å². The smallest absolute Gasteiger partial charge is 0.333 e. The second kappa shape index (κ2) is 10.1. The maximum Gasteiger partial charge on any atom is 0.333 e. The van der Waals surface area contributed by atoms with Crippen LogP contribution >= 0.6 is 0 Å². The van der Waals surface area contributed by atoms with Gasteiger partial charge in [-0.2, -0.15) is 0 Å². The Labute approximate surface area is 112 Å². The van der Waals surface area contributed by atoms with Crippen LogP contribution in [0.15, 0.2) is 11.6 Å². The highest BCUT2D eigenvalue weighted by Crippen LogP contribution is 2.04. The van der Waals surface area contributed by atoms with Crippen LogP contribution < -0.4 is 0 Å². The molecule has 0 unspecified atom stereocenters. The summed E-state index contributed by atoms with van der Waals surface area (Å²) in [6, 6.07) is 0. The largest absolute Gasteiger partial charge is 0.466 e. The third-order valence-corrected chi connectivity index (χ3v) is 2.83. The minimum atomic E-state index is -0.207. The van der Waals surface area contributed by atoms with Crippen LogP contribution in [0, 0.1) is 0 Å². The van der Waals surface area contributed by atoms with E-state index in [9.17, 15) is 4.79 Å². The second-order valence-corrected chi connectivity index (χ2v) is 4.68. The van der Waals surface area contributed by atoms with Crippen molar-refractivity contribution in [1.29, 1.82) is 0 Å². The summed E-state index contributed by atoms with van der Waals surface area (Å²) >= 11 is 0. The lowest BCUT2D eigenvalue weighted by atomic mass is 10.2. The Bertz CT molecular complexity index is 263. The standard InChI is InChI=1S/C14H28N2O2/c1-6-9-16(12-11-15(3)4)10-8-13(7-2)14(17)18-5/h8H,6-7,9-12H2,1-5H3. The van der Waals surface area contributed by atoms with Gasteiger partial charge in [-0.15, -0.1) is 0 Å². The molecule has 0 saturated carbocycles. The van der Waals surface area contributed by atoms with Gasteiger partial charge in [0.1, 0.15) is 0 Å². The summed E-state index contributed by atoms with van der Waals surface area (Å²) in [5, 5.41) is 0. The summed E-state index contributed by atoms with van der Waals surface area (Å²) < 4.78 is 4.76. The molecule has 0 aliphatic heterocycles. The first-order valence-electron chi connectivity index (χ1n) is 6.69. The Morgan fingerprint density at radius 2 is 1.83 bits per heavy atom. The molecule has 0 spiro atoms. The first-order chi connectivity index (χ1) is 8.54. The van der Waals surface area contributed by atoms with Gasteiger partial charge in [-0.25, -0.2) is 4.79 Å². The van der Waals surface area contributed by atoms with Crippen molar-refractivity contribution in [1.82, 2.24) is 9.80 Å². The number of hydrogen-bond acceptors (Lipinski definition) is 4. The van der Waals surface area contributed by atoms with E-state index in [1.54, 1.807) is 0 Å². The summed E-state index contributed by atoms with van der Waals surface area (Å²) in [6.07, 6.45) is 3.85. The Kier molecular flexibility index (Phi) is 9.60. The SMILES string of the molecule is CCCN(CC=C(CC)C(=O)OC)CCN(C)C. The molecule has 0 aromatic carbocycles. The zero-order valence-electron chi connectivity index (χ0n) is 12.5. The van der Waals surface area contributed by atoms with E-state index in [1.165, 1.54) is 7.11 Å². The van der Waals surface area contributed by atoms with Crippen LogP contribution in [0.4, 0.5) is 0 Å². The molecule has 0 bridgehead atoms. The predicted octanol–water partition coefficient (Wildman–Crippen LogP) is 1.77. The molecule has 0 saturated heterocycles. The summed E-state index contributed by atoms with van der Waals surface area (Å²) in [5.41, 5.74) is 0.767. The number of rotatable bonds is 9. The van der Waals surface area contributed by atoms with Crippen LogP contribution in [0.25, 0.3) is 0 Å². The molecule has 0 radical (unpaired) electrons. The summed E-state index contributed by atoms with van der Waals surface area (Å²) in [6.45, 7) is 8.09. The van der Waals surface area contributed by atoms with E-state index in [1.807, 2.05) is 13.0 Å². The van der Waals surface area contributed by atoms with Crippen LogP contribution in [0.2, 0.25) is 0 Å². The molecule has 0 heterocycles. The summed E-state index contributed by atoms with van der Waals surface area (Å²) in [7, 11) is 5.58. The fourth-order valence-corrected chi connectivity index (χ4v) is 1.69. The van der Waals surface area contributed by atoms with Crippen LogP contribution in [0.3, 0.4) is 0 Å². The first kappa shape index (κ1) is 17.1. The molecule has 0 amide bonds. The van der Waals surface area contributed by atoms with Crippen molar-refractivity contribution in [3.8, 4) is 0 Å². The van der Waals surface area contributed by atoms with Crippen molar-refractivity contribution >= 4 is 5.97 Å². The number of ether oxygens (including phenoxy) is 1. The second-order valence-electron chi connectivity index (χ2n) is 4.68. The fourth-order valence-electron chi connectivity index (χ4n) is 1.69. The monoisotopic (exact) mass is 256 g/mol. The van der Waals surface area contributed by atoms with E-state index >= 15 is 0 Å². The van der Waals surface area contributed by atoms with Gasteiger partial charge in [0, 0.05) is 25.2 Å². The Hall–Kier alpha value is -0.870. The van der Waals surface area contributed by atoms with Crippen molar-refractivity contribution < 1.29 is 9.53 Å². The molecule has 0 atom stereocenters. The lowest BCUT2D eigenvalue weighted by molar-refractivity contribution is -0.136. The summed E-state index contributed by atoms with van der Waals surface area (Å²) in [5.74, 6) is -0.207. The highest BCUT2D eigenvalue weighted by molar-refractivity contribution is 5.88. The molecule has 0 rings (SSSR count). The molecule has 0 aromatic heterocycles. The lowest BCUT2D eigenvalue weighted by Crippen LogP contribution is -2.32. The lowest BCUT2D eigenvalue weighted by Gasteiger charge is -2.22. The van der Waals surface area contributed by atoms with Gasteiger partial charge in [0.05, 0.1) is 7.11 Å². The van der Waals surface area contributed by atoms with Gasteiger partial charge in [-0.05, 0) is 33.5 Å². The number of nitrogens with zero attached hydrogens (tertiary/aromatic N) is 2. The van der Waals surface area contributed by atoms with E-state index in [2.05, 4.69) is 30.8 Å². The topological polar surface area (TPSA) is 32.8 Å². The quantitative estimate of drug-likeness (QED) is 0.465. The third kappa shape index (κ3) is 7.45. The summed E-state index contributed by atoms with van der Waals surface area (Å²) in [4.78, 5) is 16.0. The van der Waals surface area contributed by atoms with Crippen LogP contribution in [-0.2, 0) is 9.53 Å². The van der Waals surface area contributed by atoms with Gasteiger partial charge in [-0.3, -0.25) is 4.90 Å². The van der Waals surface area contributed by atoms with Gasteiger partial charge < -0.3 is 9.64 Å². The zero-order valence-corrected chi connectivity index (χ0v) is 12.5. The highest BCUT2D eigenvalue weighted by atomic mass is 16.5. The van der Waals surface area contributed by atoms with Crippen molar-refractivity contribution in [3.63, 3.8) is 0 Å². The predicted molar refractivity (Wildman–Crippen MR) is 75.7 cm³/mol. The number of esters is 1. The average Bonchev–Trinajstić information content (AvgIpc) is 2.35. The molecular weight excluding hydrogens is 228 g/mol. The number of likely N-dealkylation sites (N-methyl/N-ethyl adjacent to an activating group) is 1. The minimum Gasteiger partial charge on any atom is -0.466 e. The molecule has 106 valence electrons. The van der Waals surface area contributed by atoms with Gasteiger partial charge in [0.2, 0.25) is 0 Å². The molecule has 4 heteroatoms. The molecular formula is C14H28N2O2. The van der Waals surface area contributed by atoms with Crippen LogP contribution in [0.1, 0.15) is 26.7 Å². The average molecular weight is 256 g/mol. The zero-order chi connectivity index (χ0) is 14.0. The molecule has 0 aliphatic rings. The molecule has 0 aliphatic carbocycles. The van der Waals surface area contributed by atoms with Gasteiger partial charge in [0.15, 0.2) is 0 Å². The van der Waals surface area contributed by atoms with Gasteiger partial charge >= 0.3 is 5.97 Å². The van der Waals surface area contributed by atoms with Crippen molar-refractivity contribution in [3.05, 3.63) is 11.6 Å². The maximum atomic E-state index is 11.5. The van der Waals surface area contributed by atoms with E-state index in [0.29, 0.717) is 0 Å². The van der Waals surface area contributed by atoms with E-state index in [0.717, 1.165) is 44.6 Å². The van der Waals surface area contributed by atoms with E-state index in [-0.39, 0.29) is 5.97 Å². The third-order valence-electron chi connectivity index (χ3n) is 2.83. The van der Waals surface area contributed by atoms with Gasteiger partial charge in [-0.1, -0.05) is 19.9 Å². The molecule has 0 fully saturated rings. The fraction of sp³-hybridized carbons (Fsp3) is 0.786. The van der Waals surface area contributed by atoms with Gasteiger partial charge in [0.25, 0.3) is 0 Å². The van der Waals surface area contributed by atoms with Crippen molar-refractivity contribution in [2.45, 2.75) is 26.7 Å². The van der Waals surface area contributed by atoms with Crippen molar-refractivity contribution in [2.24, 2.45) is 0 Å². The first-order valence-corrected chi connectivity index (χ1v) is 6.69. The normalized spacial score (nSPS) is 12.3. The van der Waals surface area contributed by atoms with Crippen LogP contribution in [0.5, 0.6) is 0 Å². The number of carbonyl (C=O) groups excluding carboxylic acids is 1. The highest BCUT2D eigenvalue weighted by Gasteiger charge is 2.08. The molecule has 0 N–H and O–H groups in total. The molecule has 0 aromatic rings. The maximum absolute atomic E-state index is 11.5. The number of methoxy groups -OCH3 is 1.